The van der Waals surface area contributed by atoms with Gasteiger partial charge in [0.05, 0.1) is 21.8 Å². The van der Waals surface area contributed by atoms with Crippen molar-refractivity contribution in [2.24, 2.45) is 0 Å². The zero-order chi connectivity index (χ0) is 17.3. The van der Waals surface area contributed by atoms with Gasteiger partial charge in [0.2, 0.25) is 0 Å². The molecule has 2 aromatic rings. The van der Waals surface area contributed by atoms with Gasteiger partial charge in [-0.2, -0.15) is 13.2 Å². The van der Waals surface area contributed by atoms with Crippen LogP contribution >= 0.6 is 11.6 Å². The van der Waals surface area contributed by atoms with E-state index in [4.69, 9.17) is 11.6 Å². The third kappa shape index (κ3) is 3.24. The Morgan fingerprint density at radius 2 is 1.92 bits per heavy atom. The zero-order valence-corrected chi connectivity index (χ0v) is 13.2. The van der Waals surface area contributed by atoms with Gasteiger partial charge < -0.3 is 5.32 Å². The summed E-state index contributed by atoms with van der Waals surface area (Å²) >= 11 is 6.11. The fraction of sp³-hybridized carbons (Fsp3) is 0.294. The standard InChI is InChI=1S/C17H14ClF3N2O/c18-13-6-3-9-22-15(13)11-7-8-14(11)23-16(24)10-4-1-2-5-12(10)17(19,20)21/h1-6,9,11,14H,7-8H2,(H,23,24)/t11-,14?/m0/s1. The summed E-state index contributed by atoms with van der Waals surface area (Å²) in [4.78, 5) is 16.5. The molecule has 1 aromatic heterocycles. The van der Waals surface area contributed by atoms with Crippen LogP contribution in [0.25, 0.3) is 0 Å². The molecule has 1 aromatic carbocycles. The molecular formula is C17H14ClF3N2O. The number of hydrogen-bond acceptors (Lipinski definition) is 2. The largest absolute Gasteiger partial charge is 0.417 e. The van der Waals surface area contributed by atoms with Crippen molar-refractivity contribution in [1.82, 2.24) is 10.3 Å². The van der Waals surface area contributed by atoms with Crippen LogP contribution in [0, 0.1) is 0 Å². The van der Waals surface area contributed by atoms with Crippen molar-refractivity contribution in [3.63, 3.8) is 0 Å². The molecule has 1 amide bonds. The van der Waals surface area contributed by atoms with Gasteiger partial charge in [0.1, 0.15) is 0 Å². The van der Waals surface area contributed by atoms with E-state index in [2.05, 4.69) is 10.3 Å². The maximum Gasteiger partial charge on any atom is 0.417 e. The maximum atomic E-state index is 13.0. The molecule has 1 aliphatic rings. The summed E-state index contributed by atoms with van der Waals surface area (Å²) in [6.45, 7) is 0. The third-order valence-electron chi connectivity index (χ3n) is 4.21. The molecule has 7 heteroatoms. The highest BCUT2D eigenvalue weighted by atomic mass is 35.5. The van der Waals surface area contributed by atoms with E-state index >= 15 is 0 Å². The molecule has 3 rings (SSSR count). The number of rotatable bonds is 3. The van der Waals surface area contributed by atoms with Crippen molar-refractivity contribution in [3.8, 4) is 0 Å². The smallest absolute Gasteiger partial charge is 0.349 e. The van der Waals surface area contributed by atoms with Gasteiger partial charge in [-0.05, 0) is 37.1 Å². The van der Waals surface area contributed by atoms with Gasteiger partial charge in [-0.15, -0.1) is 0 Å². The number of alkyl halides is 3. The van der Waals surface area contributed by atoms with E-state index in [1.807, 2.05) is 0 Å². The molecule has 1 N–H and O–H groups in total. The Hall–Kier alpha value is -2.08. The summed E-state index contributed by atoms with van der Waals surface area (Å²) in [5.74, 6) is -0.814. The van der Waals surface area contributed by atoms with Gasteiger partial charge in [0.25, 0.3) is 5.91 Å². The van der Waals surface area contributed by atoms with Crippen LogP contribution in [0.3, 0.4) is 0 Å². The van der Waals surface area contributed by atoms with E-state index in [0.29, 0.717) is 17.1 Å². The number of nitrogens with one attached hydrogen (secondary N) is 1. The highest BCUT2D eigenvalue weighted by molar-refractivity contribution is 6.31. The maximum absolute atomic E-state index is 13.0. The first-order valence-corrected chi connectivity index (χ1v) is 7.83. The van der Waals surface area contributed by atoms with Crippen molar-refractivity contribution in [2.45, 2.75) is 31.0 Å². The predicted octanol–water partition coefficient (Wildman–Crippen LogP) is 4.43. The van der Waals surface area contributed by atoms with Crippen LogP contribution in [0.2, 0.25) is 5.02 Å². The molecule has 0 bridgehead atoms. The lowest BCUT2D eigenvalue weighted by molar-refractivity contribution is -0.137. The van der Waals surface area contributed by atoms with E-state index < -0.39 is 17.6 Å². The SMILES string of the molecule is O=C(NC1CC[C@@H]1c1ncccc1Cl)c1ccccc1C(F)(F)F. The van der Waals surface area contributed by atoms with E-state index in [1.54, 1.807) is 18.3 Å². The molecule has 126 valence electrons. The molecule has 1 aliphatic carbocycles. The second kappa shape index (κ2) is 6.43. The first-order chi connectivity index (χ1) is 11.4. The van der Waals surface area contributed by atoms with Crippen LogP contribution in [0.15, 0.2) is 42.6 Å². The molecule has 1 heterocycles. The van der Waals surface area contributed by atoms with E-state index in [9.17, 15) is 18.0 Å². The number of amides is 1. The second-order valence-corrected chi connectivity index (χ2v) is 6.08. The Morgan fingerprint density at radius 1 is 1.17 bits per heavy atom. The van der Waals surface area contributed by atoms with Gasteiger partial charge in [0.15, 0.2) is 0 Å². The van der Waals surface area contributed by atoms with Crippen LogP contribution in [0.1, 0.15) is 40.4 Å². The van der Waals surface area contributed by atoms with Gasteiger partial charge in [0, 0.05) is 18.2 Å². The monoisotopic (exact) mass is 354 g/mol. The Labute approximate surface area is 141 Å². The number of carbonyl (C=O) groups excluding carboxylic acids is 1. The molecular weight excluding hydrogens is 341 g/mol. The first kappa shape index (κ1) is 16.8. The third-order valence-corrected chi connectivity index (χ3v) is 4.53. The van der Waals surface area contributed by atoms with Gasteiger partial charge >= 0.3 is 6.18 Å². The highest BCUT2D eigenvalue weighted by Gasteiger charge is 2.38. The predicted molar refractivity (Wildman–Crippen MR) is 83.9 cm³/mol. The summed E-state index contributed by atoms with van der Waals surface area (Å²) < 4.78 is 39.1. The van der Waals surface area contributed by atoms with E-state index in [-0.39, 0.29) is 17.5 Å². The van der Waals surface area contributed by atoms with Crippen LogP contribution in [0.5, 0.6) is 0 Å². The van der Waals surface area contributed by atoms with Crippen molar-refractivity contribution in [2.75, 3.05) is 0 Å². The molecule has 0 radical (unpaired) electrons. The fourth-order valence-corrected chi connectivity index (χ4v) is 3.11. The van der Waals surface area contributed by atoms with Crippen LogP contribution in [0.4, 0.5) is 13.2 Å². The lowest BCUT2D eigenvalue weighted by Crippen LogP contribution is -2.46. The van der Waals surface area contributed by atoms with Crippen LogP contribution in [-0.2, 0) is 6.18 Å². The molecule has 0 aliphatic heterocycles. The minimum atomic E-state index is -4.57. The molecule has 1 fully saturated rings. The van der Waals surface area contributed by atoms with Crippen molar-refractivity contribution in [3.05, 3.63) is 64.4 Å². The van der Waals surface area contributed by atoms with E-state index in [0.717, 1.165) is 12.5 Å². The Balaban J connectivity index is 1.78. The number of hydrogen-bond donors (Lipinski definition) is 1. The summed E-state index contributed by atoms with van der Waals surface area (Å²) in [5.41, 5.74) is -0.642. The molecule has 24 heavy (non-hydrogen) atoms. The zero-order valence-electron chi connectivity index (χ0n) is 12.5. The minimum absolute atomic E-state index is 0.0827. The summed E-state index contributed by atoms with van der Waals surface area (Å²) in [7, 11) is 0. The van der Waals surface area contributed by atoms with Gasteiger partial charge in [-0.25, -0.2) is 0 Å². The van der Waals surface area contributed by atoms with Crippen molar-refractivity contribution in [1.29, 1.82) is 0 Å². The summed E-state index contributed by atoms with van der Waals surface area (Å²) in [6.07, 6.45) is -1.51. The molecule has 0 saturated heterocycles. The number of carbonyl (C=O) groups is 1. The normalized spacial score (nSPS) is 20.3. The lowest BCUT2D eigenvalue weighted by atomic mass is 9.77. The summed E-state index contributed by atoms with van der Waals surface area (Å²) in [5, 5.41) is 3.18. The number of nitrogens with zero attached hydrogens (tertiary/aromatic N) is 1. The Bertz CT molecular complexity index is 763. The number of aromatic nitrogens is 1. The summed E-state index contributed by atoms with van der Waals surface area (Å²) in [6, 6.07) is 7.91. The molecule has 2 atom stereocenters. The number of pyridine rings is 1. The average Bonchev–Trinajstić information content (AvgIpc) is 2.52. The van der Waals surface area contributed by atoms with Gasteiger partial charge in [-0.3, -0.25) is 9.78 Å². The Morgan fingerprint density at radius 3 is 2.54 bits per heavy atom. The topological polar surface area (TPSA) is 42.0 Å². The molecule has 1 saturated carbocycles. The van der Waals surface area contributed by atoms with E-state index in [1.165, 1.54) is 18.2 Å². The first-order valence-electron chi connectivity index (χ1n) is 7.45. The second-order valence-electron chi connectivity index (χ2n) is 5.68. The fourth-order valence-electron chi connectivity index (χ4n) is 2.85. The molecule has 1 unspecified atom stereocenters. The Kier molecular flexibility index (Phi) is 4.49. The highest BCUT2D eigenvalue weighted by Crippen LogP contribution is 2.39. The van der Waals surface area contributed by atoms with Crippen molar-refractivity contribution >= 4 is 17.5 Å². The number of benzene rings is 1. The number of halogens is 4. The average molecular weight is 355 g/mol. The van der Waals surface area contributed by atoms with Crippen LogP contribution in [-0.4, -0.2) is 16.9 Å². The quantitative estimate of drug-likeness (QED) is 0.886. The van der Waals surface area contributed by atoms with Gasteiger partial charge in [-0.1, -0.05) is 23.7 Å². The van der Waals surface area contributed by atoms with Crippen molar-refractivity contribution < 1.29 is 18.0 Å². The minimum Gasteiger partial charge on any atom is -0.349 e. The molecule has 3 nitrogen and oxygen atoms in total. The lowest BCUT2D eigenvalue weighted by Gasteiger charge is -2.37. The van der Waals surface area contributed by atoms with Crippen LogP contribution < -0.4 is 5.32 Å². The molecule has 0 spiro atoms.